The normalized spacial score (nSPS) is 12.3. The van der Waals surface area contributed by atoms with Crippen LogP contribution >= 0.6 is 0 Å². The first-order valence-electron chi connectivity index (χ1n) is 5.01. The molecule has 1 aliphatic rings. The molecule has 0 saturated heterocycles. The summed E-state index contributed by atoms with van der Waals surface area (Å²) in [6.45, 7) is 1.61. The van der Waals surface area contributed by atoms with Crippen LogP contribution in [-0.2, 0) is 0 Å². The Labute approximate surface area is 88.0 Å². The minimum Gasteiger partial charge on any atom is -0.295 e. The van der Waals surface area contributed by atoms with Gasteiger partial charge in [-0.25, -0.2) is 0 Å². The Morgan fingerprint density at radius 3 is 2.67 bits per heavy atom. The molecule has 3 rings (SSSR count). The Morgan fingerprint density at radius 2 is 1.87 bits per heavy atom. The van der Waals surface area contributed by atoms with E-state index in [9.17, 15) is 4.79 Å². The number of Topliss-reactive ketones (excluding diaryl/α,β-unsaturated/α-hetero) is 1. The second kappa shape index (κ2) is 2.80. The topological polar surface area (TPSA) is 17.1 Å². The van der Waals surface area contributed by atoms with E-state index in [1.54, 1.807) is 6.92 Å². The van der Waals surface area contributed by atoms with Gasteiger partial charge in [-0.15, -0.1) is 0 Å². The fourth-order valence-electron chi connectivity index (χ4n) is 2.14. The smallest absolute Gasteiger partial charge is 0.159 e. The number of rotatable bonds is 1. The molecule has 0 unspecified atom stereocenters. The predicted molar refractivity (Wildman–Crippen MR) is 62.9 cm³/mol. The van der Waals surface area contributed by atoms with Crippen LogP contribution in [0.4, 0.5) is 0 Å². The van der Waals surface area contributed by atoms with Gasteiger partial charge in [-0.3, -0.25) is 4.79 Å². The molecule has 1 heteroatoms. The lowest BCUT2D eigenvalue weighted by Crippen LogP contribution is -1.92. The van der Waals surface area contributed by atoms with Crippen molar-refractivity contribution in [3.63, 3.8) is 0 Å². The highest BCUT2D eigenvalue weighted by molar-refractivity contribution is 6.08. The van der Waals surface area contributed by atoms with E-state index in [1.165, 1.54) is 10.9 Å². The molecular formula is C14H10O. The maximum Gasteiger partial charge on any atom is 0.159 e. The van der Waals surface area contributed by atoms with Crippen LogP contribution in [0.25, 0.3) is 22.9 Å². The quantitative estimate of drug-likeness (QED) is 0.541. The summed E-state index contributed by atoms with van der Waals surface area (Å²) in [5.41, 5.74) is 3.20. The van der Waals surface area contributed by atoms with Crippen LogP contribution < -0.4 is 0 Å². The van der Waals surface area contributed by atoms with Crippen LogP contribution in [0.2, 0.25) is 0 Å². The lowest BCUT2D eigenvalue weighted by atomic mass is 9.99. The highest BCUT2D eigenvalue weighted by atomic mass is 16.1. The van der Waals surface area contributed by atoms with Crippen molar-refractivity contribution in [3.05, 3.63) is 47.0 Å². The summed E-state index contributed by atoms with van der Waals surface area (Å²) in [6.07, 6.45) is 4.17. The SMILES string of the molecule is CC(=O)c1cc2c3c(cccc3c1)C=C2. The first-order chi connectivity index (χ1) is 7.25. The van der Waals surface area contributed by atoms with Gasteiger partial charge in [0.2, 0.25) is 0 Å². The van der Waals surface area contributed by atoms with Crippen molar-refractivity contribution in [2.24, 2.45) is 0 Å². The number of ketones is 1. The molecular weight excluding hydrogens is 184 g/mol. The van der Waals surface area contributed by atoms with Crippen LogP contribution in [0.15, 0.2) is 30.3 Å². The zero-order valence-corrected chi connectivity index (χ0v) is 8.45. The number of benzene rings is 2. The van der Waals surface area contributed by atoms with E-state index in [0.717, 1.165) is 16.5 Å². The molecule has 1 aliphatic carbocycles. The van der Waals surface area contributed by atoms with Crippen LogP contribution in [0, 0.1) is 0 Å². The van der Waals surface area contributed by atoms with Gasteiger partial charge in [0, 0.05) is 5.56 Å². The fraction of sp³-hybridized carbons (Fsp3) is 0.0714. The molecule has 1 nitrogen and oxygen atoms in total. The van der Waals surface area contributed by atoms with Gasteiger partial charge in [-0.1, -0.05) is 30.4 Å². The van der Waals surface area contributed by atoms with Gasteiger partial charge in [0.25, 0.3) is 0 Å². The first-order valence-corrected chi connectivity index (χ1v) is 5.01. The van der Waals surface area contributed by atoms with Crippen molar-refractivity contribution < 1.29 is 4.79 Å². The number of carbonyl (C=O) groups excluding carboxylic acids is 1. The lowest BCUT2D eigenvalue weighted by Gasteiger charge is -2.04. The highest BCUT2D eigenvalue weighted by Gasteiger charge is 2.11. The van der Waals surface area contributed by atoms with Crippen molar-refractivity contribution in [2.75, 3.05) is 0 Å². The number of hydrogen-bond acceptors (Lipinski definition) is 1. The molecule has 0 spiro atoms. The molecule has 0 atom stereocenters. The van der Waals surface area contributed by atoms with E-state index >= 15 is 0 Å². The average molecular weight is 194 g/mol. The van der Waals surface area contributed by atoms with E-state index in [1.807, 2.05) is 18.2 Å². The Morgan fingerprint density at radius 1 is 1.07 bits per heavy atom. The summed E-state index contributed by atoms with van der Waals surface area (Å²) in [5, 5.41) is 2.42. The number of carbonyl (C=O) groups is 1. The average Bonchev–Trinajstić information content (AvgIpc) is 2.64. The third-order valence-electron chi connectivity index (χ3n) is 2.89. The van der Waals surface area contributed by atoms with Gasteiger partial charge in [-0.05, 0) is 41.0 Å². The third-order valence-corrected chi connectivity index (χ3v) is 2.89. The van der Waals surface area contributed by atoms with E-state index in [0.29, 0.717) is 0 Å². The Bertz CT molecular complexity index is 606. The third kappa shape index (κ3) is 1.13. The maximum absolute atomic E-state index is 11.4. The zero-order valence-electron chi connectivity index (χ0n) is 8.45. The second-order valence-corrected chi connectivity index (χ2v) is 3.90. The molecule has 0 aliphatic heterocycles. The molecule has 15 heavy (non-hydrogen) atoms. The molecule has 0 bridgehead atoms. The predicted octanol–water partition coefficient (Wildman–Crippen LogP) is 3.53. The molecule has 72 valence electrons. The monoisotopic (exact) mass is 194 g/mol. The summed E-state index contributed by atoms with van der Waals surface area (Å²) in [6, 6.07) is 10.1. The Kier molecular flexibility index (Phi) is 1.57. The summed E-state index contributed by atoms with van der Waals surface area (Å²) in [4.78, 5) is 11.4. The van der Waals surface area contributed by atoms with Crippen LogP contribution in [0.3, 0.4) is 0 Å². The van der Waals surface area contributed by atoms with E-state index < -0.39 is 0 Å². The molecule has 0 N–H and O–H groups in total. The fourth-order valence-corrected chi connectivity index (χ4v) is 2.14. The minimum absolute atomic E-state index is 0.124. The van der Waals surface area contributed by atoms with Gasteiger partial charge >= 0.3 is 0 Å². The van der Waals surface area contributed by atoms with Crippen molar-refractivity contribution in [3.8, 4) is 0 Å². The van der Waals surface area contributed by atoms with Crippen LogP contribution in [0.1, 0.15) is 28.4 Å². The molecule has 2 aromatic rings. The number of hydrogen-bond donors (Lipinski definition) is 0. The Hall–Kier alpha value is -1.89. The van der Waals surface area contributed by atoms with Gasteiger partial charge in [0.05, 0.1) is 0 Å². The summed E-state index contributed by atoms with van der Waals surface area (Å²) < 4.78 is 0. The standard InChI is InChI=1S/C14H10O/c1-9(15)13-7-11-4-2-3-10-5-6-12(8-13)14(10)11/h2-8H,1H3. The molecule has 0 aromatic heterocycles. The van der Waals surface area contributed by atoms with Crippen LogP contribution in [-0.4, -0.2) is 5.78 Å². The van der Waals surface area contributed by atoms with Crippen LogP contribution in [0.5, 0.6) is 0 Å². The van der Waals surface area contributed by atoms with Crippen molar-refractivity contribution >= 4 is 28.7 Å². The summed E-state index contributed by atoms with van der Waals surface area (Å²) in [5.74, 6) is 0.124. The molecule has 2 aromatic carbocycles. The lowest BCUT2D eigenvalue weighted by molar-refractivity contribution is 0.101. The van der Waals surface area contributed by atoms with Gasteiger partial charge in [-0.2, -0.15) is 0 Å². The largest absolute Gasteiger partial charge is 0.295 e. The van der Waals surface area contributed by atoms with E-state index in [-0.39, 0.29) is 5.78 Å². The molecule has 0 amide bonds. The Balaban J connectivity index is 2.45. The first kappa shape index (κ1) is 8.42. The molecule has 0 heterocycles. The summed E-state index contributed by atoms with van der Waals surface area (Å²) in [7, 11) is 0. The highest BCUT2D eigenvalue weighted by Crippen LogP contribution is 2.32. The van der Waals surface area contributed by atoms with Gasteiger partial charge < -0.3 is 0 Å². The van der Waals surface area contributed by atoms with Crippen molar-refractivity contribution in [1.29, 1.82) is 0 Å². The van der Waals surface area contributed by atoms with E-state index in [2.05, 4.69) is 24.3 Å². The minimum atomic E-state index is 0.124. The van der Waals surface area contributed by atoms with Crippen molar-refractivity contribution in [2.45, 2.75) is 6.92 Å². The van der Waals surface area contributed by atoms with Crippen molar-refractivity contribution in [1.82, 2.24) is 0 Å². The molecule has 0 radical (unpaired) electrons. The summed E-state index contributed by atoms with van der Waals surface area (Å²) >= 11 is 0. The van der Waals surface area contributed by atoms with Gasteiger partial charge in [0.15, 0.2) is 5.78 Å². The maximum atomic E-state index is 11.4. The molecule has 0 saturated carbocycles. The second-order valence-electron chi connectivity index (χ2n) is 3.90. The van der Waals surface area contributed by atoms with Gasteiger partial charge in [0.1, 0.15) is 0 Å². The zero-order chi connectivity index (χ0) is 10.4. The van der Waals surface area contributed by atoms with E-state index in [4.69, 9.17) is 0 Å². The molecule has 0 fully saturated rings.